The van der Waals surface area contributed by atoms with Gasteiger partial charge in [0.15, 0.2) is 6.23 Å². The Morgan fingerprint density at radius 2 is 1.61 bits per heavy atom. The van der Waals surface area contributed by atoms with Gasteiger partial charge in [-0.25, -0.2) is 9.67 Å². The lowest BCUT2D eigenvalue weighted by molar-refractivity contribution is -0.150. The van der Waals surface area contributed by atoms with E-state index in [1.54, 1.807) is 0 Å². The molecule has 1 aromatic rings. The fourth-order valence-corrected chi connectivity index (χ4v) is 4.18. The summed E-state index contributed by atoms with van der Waals surface area (Å²) in [7, 11) is 0. The van der Waals surface area contributed by atoms with Crippen molar-refractivity contribution in [2.45, 2.75) is 121 Å². The molecule has 2 rings (SSSR count). The number of carbonyl (C=O) groups excluding carboxylic acids is 2. The topological polar surface area (TPSA) is 150 Å². The molecule has 36 heavy (non-hydrogen) atoms. The Kier molecular flexibility index (Phi) is 14.3. The van der Waals surface area contributed by atoms with Gasteiger partial charge >= 0.3 is 5.97 Å². The van der Waals surface area contributed by atoms with Crippen LogP contribution in [-0.2, 0) is 14.3 Å². The average Bonchev–Trinajstić information content (AvgIpc) is 3.46. The molecule has 0 spiro atoms. The van der Waals surface area contributed by atoms with E-state index in [0.717, 1.165) is 36.8 Å². The molecule has 0 aromatic carbocycles. The molecule has 4 atom stereocenters. The quantitative estimate of drug-likeness (QED) is 0.146. The number of aliphatic hydroxyl groups is 2. The summed E-state index contributed by atoms with van der Waals surface area (Å²) in [5.74, 6) is -1.41. The molecule has 1 aliphatic rings. The third-order valence-electron chi connectivity index (χ3n) is 6.38. The lowest BCUT2D eigenvalue weighted by Crippen LogP contribution is -2.34. The number of hydrogen-bond acceptors (Lipinski definition) is 8. The fraction of sp³-hybridized carbons (Fsp3) is 0.769. The molecule has 2 heterocycles. The summed E-state index contributed by atoms with van der Waals surface area (Å²) in [5.41, 5.74) is 5.12. The summed E-state index contributed by atoms with van der Waals surface area (Å²) in [6, 6.07) is 0. The van der Waals surface area contributed by atoms with Crippen molar-refractivity contribution in [2.75, 3.05) is 6.61 Å². The van der Waals surface area contributed by atoms with E-state index in [1.807, 2.05) is 0 Å². The van der Waals surface area contributed by atoms with Crippen LogP contribution in [0.4, 0.5) is 0 Å². The van der Waals surface area contributed by atoms with Crippen LogP contribution in [0, 0.1) is 0 Å². The summed E-state index contributed by atoms with van der Waals surface area (Å²) in [5, 5.41) is 24.3. The molecule has 0 unspecified atom stereocenters. The van der Waals surface area contributed by atoms with Crippen LogP contribution >= 0.6 is 0 Å². The standard InChI is InChI=1S/C26H44N4O6/c1-2-3-4-5-6-7-8-9-10-11-12-13-14-15-16-17-21(31)35-18-20-22(32)23(33)26(36-20)30-19-28-25(29-30)24(27)34/h9-10,19-20,22-23,26,32-33H,2-8,11-18H2,1H3,(H2,27,34)/t20-,22-,23-,26-/m1/s1. The molecule has 1 saturated heterocycles. The molecule has 10 heteroatoms. The highest BCUT2D eigenvalue weighted by molar-refractivity contribution is 5.88. The molecule has 0 saturated carbocycles. The van der Waals surface area contributed by atoms with Crippen LogP contribution in [0.15, 0.2) is 18.5 Å². The molecule has 1 aliphatic heterocycles. The molecule has 0 aliphatic carbocycles. The van der Waals surface area contributed by atoms with Crippen LogP contribution in [-0.4, -0.2) is 61.8 Å². The predicted molar refractivity (Wildman–Crippen MR) is 135 cm³/mol. The number of ether oxygens (including phenoxy) is 2. The lowest BCUT2D eigenvalue weighted by atomic mass is 10.1. The number of amides is 1. The molecule has 0 radical (unpaired) electrons. The first-order valence-corrected chi connectivity index (χ1v) is 13.5. The normalized spacial score (nSPS) is 21.9. The van der Waals surface area contributed by atoms with E-state index in [4.69, 9.17) is 15.2 Å². The van der Waals surface area contributed by atoms with Crippen LogP contribution in [0.1, 0.15) is 114 Å². The highest BCUT2D eigenvalue weighted by Gasteiger charge is 2.45. The molecule has 1 aromatic heterocycles. The number of aliphatic hydroxyl groups excluding tert-OH is 2. The Hall–Kier alpha value is -2.30. The molecule has 1 fully saturated rings. The molecule has 1 amide bonds. The zero-order valence-electron chi connectivity index (χ0n) is 21.6. The summed E-state index contributed by atoms with van der Waals surface area (Å²) in [4.78, 5) is 26.9. The average molecular weight is 509 g/mol. The number of allylic oxidation sites excluding steroid dienone is 2. The number of hydrogen-bond donors (Lipinski definition) is 3. The maximum atomic E-state index is 12.0. The number of esters is 1. The molecule has 0 bridgehead atoms. The second-order valence-corrected chi connectivity index (χ2v) is 9.48. The lowest BCUT2D eigenvalue weighted by Gasteiger charge is -2.14. The largest absolute Gasteiger partial charge is 0.463 e. The minimum absolute atomic E-state index is 0.185. The Morgan fingerprint density at radius 1 is 1.00 bits per heavy atom. The number of carbonyl (C=O) groups is 2. The van der Waals surface area contributed by atoms with Crippen LogP contribution in [0.3, 0.4) is 0 Å². The van der Waals surface area contributed by atoms with E-state index in [0.29, 0.717) is 6.42 Å². The van der Waals surface area contributed by atoms with Crippen molar-refractivity contribution in [1.82, 2.24) is 14.8 Å². The van der Waals surface area contributed by atoms with Crippen molar-refractivity contribution in [1.29, 1.82) is 0 Å². The summed E-state index contributed by atoms with van der Waals surface area (Å²) >= 11 is 0. The van der Waals surface area contributed by atoms with Gasteiger partial charge in [-0.1, -0.05) is 70.4 Å². The smallest absolute Gasteiger partial charge is 0.305 e. The first-order valence-electron chi connectivity index (χ1n) is 13.5. The van der Waals surface area contributed by atoms with Gasteiger partial charge in [0.05, 0.1) is 0 Å². The number of rotatable bonds is 19. The first-order chi connectivity index (χ1) is 17.4. The van der Waals surface area contributed by atoms with E-state index >= 15 is 0 Å². The van der Waals surface area contributed by atoms with E-state index < -0.39 is 30.4 Å². The minimum atomic E-state index is -1.32. The zero-order valence-corrected chi connectivity index (χ0v) is 21.6. The SMILES string of the molecule is CCCCCCCCC=CCCCCCCCC(=O)OC[C@H]1O[C@@H](n2cnc(C(N)=O)n2)[C@H](O)[C@@H]1O. The van der Waals surface area contributed by atoms with E-state index in [2.05, 4.69) is 29.2 Å². The fourth-order valence-electron chi connectivity index (χ4n) is 4.18. The van der Waals surface area contributed by atoms with Gasteiger partial charge in [-0.15, -0.1) is 5.10 Å². The number of unbranched alkanes of at least 4 members (excludes halogenated alkanes) is 11. The molecule has 204 valence electrons. The van der Waals surface area contributed by atoms with Crippen LogP contribution in [0.2, 0.25) is 0 Å². The monoisotopic (exact) mass is 508 g/mol. The van der Waals surface area contributed by atoms with Crippen LogP contribution in [0.5, 0.6) is 0 Å². The van der Waals surface area contributed by atoms with E-state index in [9.17, 15) is 19.8 Å². The molecular formula is C26H44N4O6. The number of nitrogens with zero attached hydrogens (tertiary/aromatic N) is 3. The van der Waals surface area contributed by atoms with Gasteiger partial charge in [0.25, 0.3) is 5.91 Å². The van der Waals surface area contributed by atoms with Crippen molar-refractivity contribution in [3.05, 3.63) is 24.3 Å². The molecular weight excluding hydrogens is 464 g/mol. The summed E-state index contributed by atoms with van der Waals surface area (Å²) < 4.78 is 11.9. The first kappa shape index (κ1) is 29.9. The van der Waals surface area contributed by atoms with Crippen LogP contribution < -0.4 is 5.73 Å². The second-order valence-electron chi connectivity index (χ2n) is 9.48. The Morgan fingerprint density at radius 3 is 2.22 bits per heavy atom. The predicted octanol–water partition coefficient (Wildman–Crippen LogP) is 3.58. The van der Waals surface area contributed by atoms with Gasteiger partial charge < -0.3 is 25.4 Å². The van der Waals surface area contributed by atoms with Gasteiger partial charge in [-0.05, 0) is 32.1 Å². The van der Waals surface area contributed by atoms with E-state index in [1.165, 1.54) is 57.7 Å². The van der Waals surface area contributed by atoms with Gasteiger partial charge in [0.1, 0.15) is 31.2 Å². The van der Waals surface area contributed by atoms with Crippen molar-refractivity contribution in [3.8, 4) is 0 Å². The van der Waals surface area contributed by atoms with Gasteiger partial charge in [0, 0.05) is 6.42 Å². The third kappa shape index (κ3) is 10.8. The molecule has 4 N–H and O–H groups in total. The summed E-state index contributed by atoms with van der Waals surface area (Å²) in [6.07, 6.45) is 17.0. The second kappa shape index (κ2) is 17.2. The minimum Gasteiger partial charge on any atom is -0.463 e. The number of aromatic nitrogens is 3. The number of nitrogens with two attached hydrogens (primary N) is 1. The zero-order chi connectivity index (χ0) is 26.2. The van der Waals surface area contributed by atoms with Crippen molar-refractivity contribution >= 4 is 11.9 Å². The van der Waals surface area contributed by atoms with Crippen molar-refractivity contribution in [3.63, 3.8) is 0 Å². The molecule has 10 nitrogen and oxygen atoms in total. The number of primary amides is 1. The Balaban J connectivity index is 1.48. The highest BCUT2D eigenvalue weighted by atomic mass is 16.6. The Labute approximate surface area is 214 Å². The van der Waals surface area contributed by atoms with Gasteiger partial charge in [-0.2, -0.15) is 0 Å². The van der Waals surface area contributed by atoms with Gasteiger partial charge in [-0.3, -0.25) is 9.59 Å². The van der Waals surface area contributed by atoms with Crippen molar-refractivity contribution in [2.24, 2.45) is 5.73 Å². The van der Waals surface area contributed by atoms with E-state index in [-0.39, 0.29) is 18.4 Å². The maximum absolute atomic E-state index is 12.0. The van der Waals surface area contributed by atoms with Gasteiger partial charge in [0.2, 0.25) is 5.82 Å². The van der Waals surface area contributed by atoms with Crippen LogP contribution in [0.25, 0.3) is 0 Å². The third-order valence-corrected chi connectivity index (χ3v) is 6.38. The highest BCUT2D eigenvalue weighted by Crippen LogP contribution is 2.29. The van der Waals surface area contributed by atoms with Crippen molar-refractivity contribution < 1.29 is 29.3 Å². The maximum Gasteiger partial charge on any atom is 0.305 e. The summed E-state index contributed by atoms with van der Waals surface area (Å²) in [6.45, 7) is 2.06. The Bertz CT molecular complexity index is 799.